The van der Waals surface area contributed by atoms with Gasteiger partial charge in [-0.3, -0.25) is 4.79 Å². The molecule has 1 aromatic carbocycles. The molecule has 3 aromatic rings. The van der Waals surface area contributed by atoms with Gasteiger partial charge in [-0.05, 0) is 24.3 Å². The highest BCUT2D eigenvalue weighted by Gasteiger charge is 2.10. The molecule has 0 spiro atoms. The van der Waals surface area contributed by atoms with Gasteiger partial charge < -0.3 is 10.1 Å². The summed E-state index contributed by atoms with van der Waals surface area (Å²) in [6, 6.07) is 11.2. The number of methoxy groups -OCH3 is 1. The molecule has 0 bridgehead atoms. The third-order valence-corrected chi connectivity index (χ3v) is 3.21. The number of hydrogen-bond acceptors (Lipinski definition) is 5. The van der Waals surface area contributed by atoms with Gasteiger partial charge in [0, 0.05) is 24.7 Å². The summed E-state index contributed by atoms with van der Waals surface area (Å²) in [5, 5.41) is 7.23. The van der Waals surface area contributed by atoms with Crippen LogP contribution >= 0.6 is 0 Å². The second-order valence-electron chi connectivity index (χ2n) is 4.46. The van der Waals surface area contributed by atoms with Gasteiger partial charge in [0.2, 0.25) is 0 Å². The maximum absolute atomic E-state index is 10.9. The van der Waals surface area contributed by atoms with E-state index in [1.165, 1.54) is 0 Å². The zero-order chi connectivity index (χ0) is 14.8. The minimum Gasteiger partial charge on any atom is -0.497 e. The van der Waals surface area contributed by atoms with Crippen molar-refractivity contribution in [3.8, 4) is 17.0 Å². The van der Waals surface area contributed by atoms with Crippen LogP contribution in [0.4, 0.5) is 5.82 Å². The van der Waals surface area contributed by atoms with Crippen LogP contribution in [0.1, 0.15) is 10.5 Å². The number of nitrogens with zero attached hydrogens (tertiary/aromatic N) is 3. The lowest BCUT2D eigenvalue weighted by atomic mass is 10.1. The van der Waals surface area contributed by atoms with E-state index in [9.17, 15) is 4.79 Å². The Morgan fingerprint density at radius 3 is 2.62 bits per heavy atom. The zero-order valence-electron chi connectivity index (χ0n) is 11.7. The summed E-state index contributed by atoms with van der Waals surface area (Å²) < 4.78 is 6.76. The Balaban J connectivity index is 2.15. The fourth-order valence-corrected chi connectivity index (χ4v) is 2.14. The second-order valence-corrected chi connectivity index (χ2v) is 4.46. The molecule has 1 N–H and O–H groups in total. The molecule has 0 saturated heterocycles. The van der Waals surface area contributed by atoms with E-state index >= 15 is 0 Å². The van der Waals surface area contributed by atoms with Crippen molar-refractivity contribution in [1.82, 2.24) is 14.6 Å². The first-order chi connectivity index (χ1) is 10.2. The number of carbonyl (C=O) groups is 1. The summed E-state index contributed by atoms with van der Waals surface area (Å²) in [4.78, 5) is 15.4. The van der Waals surface area contributed by atoms with Crippen molar-refractivity contribution in [1.29, 1.82) is 0 Å². The molecule has 0 saturated carbocycles. The number of aromatic nitrogens is 3. The largest absolute Gasteiger partial charge is 0.497 e. The predicted molar refractivity (Wildman–Crippen MR) is 79.9 cm³/mol. The van der Waals surface area contributed by atoms with Gasteiger partial charge in [-0.1, -0.05) is 0 Å². The van der Waals surface area contributed by atoms with Crippen molar-refractivity contribution in [3.63, 3.8) is 0 Å². The molecule has 6 heteroatoms. The first kappa shape index (κ1) is 13.1. The standard InChI is InChI=1S/C15H14N4O2/c1-16-14-8-13(10-3-5-12(21-2)6-4-10)17-15-7-11(9-20)18-19(14)15/h3-9,16H,1-2H3. The van der Waals surface area contributed by atoms with Gasteiger partial charge in [-0.25, -0.2) is 4.98 Å². The molecule has 0 amide bonds. The monoisotopic (exact) mass is 282 g/mol. The van der Waals surface area contributed by atoms with Crippen LogP contribution in [0.2, 0.25) is 0 Å². The minimum atomic E-state index is 0.353. The molecule has 2 heterocycles. The van der Waals surface area contributed by atoms with E-state index in [2.05, 4.69) is 15.4 Å². The lowest BCUT2D eigenvalue weighted by Crippen LogP contribution is -2.02. The first-order valence-electron chi connectivity index (χ1n) is 6.43. The third-order valence-electron chi connectivity index (χ3n) is 3.21. The normalized spacial score (nSPS) is 10.6. The molecule has 3 rings (SSSR count). The highest BCUT2D eigenvalue weighted by Crippen LogP contribution is 2.24. The number of aldehydes is 1. The molecule has 0 unspecified atom stereocenters. The molecule has 106 valence electrons. The smallest absolute Gasteiger partial charge is 0.170 e. The van der Waals surface area contributed by atoms with E-state index in [1.807, 2.05) is 30.3 Å². The number of ether oxygens (including phenoxy) is 1. The minimum absolute atomic E-state index is 0.353. The van der Waals surface area contributed by atoms with Crippen LogP contribution in [0.15, 0.2) is 36.4 Å². The van der Waals surface area contributed by atoms with E-state index < -0.39 is 0 Å². The van der Waals surface area contributed by atoms with Crippen LogP contribution in [0, 0.1) is 0 Å². The molecule has 0 radical (unpaired) electrons. The molecular weight excluding hydrogens is 268 g/mol. The SMILES string of the molecule is CNc1cc(-c2ccc(OC)cc2)nc2cc(C=O)nn12. The fourth-order valence-electron chi connectivity index (χ4n) is 2.14. The molecule has 0 aliphatic rings. The van der Waals surface area contributed by atoms with Crippen LogP contribution in [-0.4, -0.2) is 35.0 Å². The van der Waals surface area contributed by atoms with E-state index in [0.29, 0.717) is 17.6 Å². The number of fused-ring (bicyclic) bond motifs is 1. The van der Waals surface area contributed by atoms with Gasteiger partial charge in [-0.15, -0.1) is 0 Å². The van der Waals surface area contributed by atoms with Crippen LogP contribution in [0.5, 0.6) is 5.75 Å². The molecule has 6 nitrogen and oxygen atoms in total. The lowest BCUT2D eigenvalue weighted by molar-refractivity contribution is 0.111. The number of rotatable bonds is 4. The van der Waals surface area contributed by atoms with Gasteiger partial charge >= 0.3 is 0 Å². The quantitative estimate of drug-likeness (QED) is 0.743. The van der Waals surface area contributed by atoms with Gasteiger partial charge in [0.25, 0.3) is 0 Å². The first-order valence-corrected chi connectivity index (χ1v) is 6.43. The second kappa shape index (κ2) is 5.24. The van der Waals surface area contributed by atoms with Crippen molar-refractivity contribution in [2.75, 3.05) is 19.5 Å². The average molecular weight is 282 g/mol. The Hall–Kier alpha value is -2.89. The number of carbonyl (C=O) groups excluding carboxylic acids is 1. The van der Waals surface area contributed by atoms with E-state index in [-0.39, 0.29) is 0 Å². The molecule has 0 aliphatic carbocycles. The topological polar surface area (TPSA) is 68.5 Å². The number of benzene rings is 1. The van der Waals surface area contributed by atoms with Gasteiger partial charge in [0.05, 0.1) is 12.8 Å². The predicted octanol–water partition coefficient (Wildman–Crippen LogP) is 2.26. The summed E-state index contributed by atoms with van der Waals surface area (Å²) in [6.45, 7) is 0. The number of anilines is 1. The van der Waals surface area contributed by atoms with Crippen molar-refractivity contribution in [2.45, 2.75) is 0 Å². The third kappa shape index (κ3) is 2.31. The van der Waals surface area contributed by atoms with Crippen molar-refractivity contribution < 1.29 is 9.53 Å². The highest BCUT2D eigenvalue weighted by atomic mass is 16.5. The molecule has 0 fully saturated rings. The summed E-state index contributed by atoms with van der Waals surface area (Å²) in [5.74, 6) is 1.56. The lowest BCUT2D eigenvalue weighted by Gasteiger charge is -2.08. The fraction of sp³-hybridized carbons (Fsp3) is 0.133. The summed E-state index contributed by atoms with van der Waals surface area (Å²) in [6.07, 6.45) is 0.709. The highest BCUT2D eigenvalue weighted by molar-refractivity contribution is 5.76. The molecule has 21 heavy (non-hydrogen) atoms. The number of nitrogens with one attached hydrogen (secondary N) is 1. The van der Waals surface area contributed by atoms with E-state index in [1.54, 1.807) is 24.7 Å². The van der Waals surface area contributed by atoms with Crippen molar-refractivity contribution >= 4 is 17.8 Å². The maximum atomic E-state index is 10.9. The van der Waals surface area contributed by atoms with Gasteiger partial charge in [-0.2, -0.15) is 9.61 Å². The summed E-state index contributed by atoms with van der Waals surface area (Å²) in [7, 11) is 3.43. The Morgan fingerprint density at radius 1 is 1.24 bits per heavy atom. The van der Waals surface area contributed by atoms with E-state index in [0.717, 1.165) is 22.8 Å². The maximum Gasteiger partial charge on any atom is 0.170 e. The molecule has 2 aromatic heterocycles. The molecule has 0 atom stereocenters. The zero-order valence-corrected chi connectivity index (χ0v) is 11.7. The Labute approximate surface area is 121 Å². The Bertz CT molecular complexity index is 793. The van der Waals surface area contributed by atoms with E-state index in [4.69, 9.17) is 4.74 Å². The van der Waals surface area contributed by atoms with Crippen LogP contribution in [-0.2, 0) is 0 Å². The summed E-state index contributed by atoms with van der Waals surface area (Å²) in [5.41, 5.74) is 2.73. The van der Waals surface area contributed by atoms with Crippen molar-refractivity contribution in [2.24, 2.45) is 0 Å². The Morgan fingerprint density at radius 2 is 2.00 bits per heavy atom. The molecule has 0 aliphatic heterocycles. The number of hydrogen-bond donors (Lipinski definition) is 1. The van der Waals surface area contributed by atoms with Crippen molar-refractivity contribution in [3.05, 3.63) is 42.1 Å². The van der Waals surface area contributed by atoms with Crippen LogP contribution in [0.25, 0.3) is 16.9 Å². The summed E-state index contributed by atoms with van der Waals surface area (Å²) >= 11 is 0. The van der Waals surface area contributed by atoms with Crippen LogP contribution < -0.4 is 10.1 Å². The Kier molecular flexibility index (Phi) is 3.27. The average Bonchev–Trinajstić information content (AvgIpc) is 2.97. The van der Waals surface area contributed by atoms with Gasteiger partial charge in [0.15, 0.2) is 11.9 Å². The van der Waals surface area contributed by atoms with Gasteiger partial charge in [0.1, 0.15) is 17.3 Å². The molecular formula is C15H14N4O2. The van der Waals surface area contributed by atoms with Crippen LogP contribution in [0.3, 0.4) is 0 Å².